The Morgan fingerprint density at radius 1 is 1.25 bits per heavy atom. The molecule has 3 aromatic rings. The number of nitro groups is 1. The average Bonchev–Trinajstić information content (AvgIpc) is 2.88. The molecular weight excluding hydrogens is 276 g/mol. The van der Waals surface area contributed by atoms with Crippen LogP contribution in [0.25, 0.3) is 10.2 Å². The molecule has 6 nitrogen and oxygen atoms in total. The fourth-order valence-corrected chi connectivity index (χ4v) is 2.67. The highest BCUT2D eigenvalue weighted by Crippen LogP contribution is 2.22. The molecule has 0 saturated carbocycles. The highest BCUT2D eigenvalue weighted by atomic mass is 32.1. The van der Waals surface area contributed by atoms with Crippen LogP contribution in [0.15, 0.2) is 42.6 Å². The zero-order chi connectivity index (χ0) is 13.9. The van der Waals surface area contributed by atoms with E-state index in [1.165, 1.54) is 12.3 Å². The molecule has 20 heavy (non-hydrogen) atoms. The van der Waals surface area contributed by atoms with Crippen LogP contribution in [0.2, 0.25) is 0 Å². The van der Waals surface area contributed by atoms with E-state index in [9.17, 15) is 10.1 Å². The van der Waals surface area contributed by atoms with Gasteiger partial charge in [-0.3, -0.25) is 10.1 Å². The Morgan fingerprint density at radius 3 is 2.80 bits per heavy atom. The number of thiazole rings is 1. The number of anilines is 1. The molecule has 1 aromatic carbocycles. The number of hydrogen-bond acceptors (Lipinski definition) is 6. The quantitative estimate of drug-likeness (QED) is 0.588. The van der Waals surface area contributed by atoms with Crippen LogP contribution in [0, 0.1) is 10.1 Å². The Bertz CT molecular complexity index is 721. The first-order valence-electron chi connectivity index (χ1n) is 5.91. The molecule has 0 radical (unpaired) electrons. The molecule has 1 N–H and O–H groups in total. The Kier molecular flexibility index (Phi) is 3.26. The van der Waals surface area contributed by atoms with Crippen molar-refractivity contribution < 1.29 is 4.92 Å². The van der Waals surface area contributed by atoms with Crippen LogP contribution in [0.3, 0.4) is 0 Å². The van der Waals surface area contributed by atoms with E-state index in [0.29, 0.717) is 12.4 Å². The van der Waals surface area contributed by atoms with E-state index in [1.54, 1.807) is 17.4 Å². The second-order valence-electron chi connectivity index (χ2n) is 4.09. The minimum Gasteiger partial charge on any atom is -0.364 e. The van der Waals surface area contributed by atoms with Crippen LogP contribution in [0.5, 0.6) is 0 Å². The molecule has 7 heteroatoms. The van der Waals surface area contributed by atoms with Crippen LogP contribution in [0.4, 0.5) is 11.5 Å². The Morgan fingerprint density at radius 2 is 2.10 bits per heavy atom. The third-order valence-corrected chi connectivity index (χ3v) is 3.75. The molecule has 3 rings (SSSR count). The summed E-state index contributed by atoms with van der Waals surface area (Å²) in [5.41, 5.74) is 0.960. The summed E-state index contributed by atoms with van der Waals surface area (Å²) in [6, 6.07) is 11.0. The summed E-state index contributed by atoms with van der Waals surface area (Å²) in [5.74, 6) is 0.592. The average molecular weight is 286 g/mol. The predicted octanol–water partition coefficient (Wildman–Crippen LogP) is 3.21. The number of aromatic nitrogens is 2. The first kappa shape index (κ1) is 12.5. The topological polar surface area (TPSA) is 81.0 Å². The van der Waals surface area contributed by atoms with Crippen LogP contribution >= 0.6 is 11.3 Å². The van der Waals surface area contributed by atoms with Crippen molar-refractivity contribution >= 4 is 33.1 Å². The van der Waals surface area contributed by atoms with Crippen molar-refractivity contribution in [3.8, 4) is 0 Å². The fourth-order valence-electron chi connectivity index (χ4n) is 1.76. The second kappa shape index (κ2) is 5.22. The first-order chi connectivity index (χ1) is 9.72. The van der Waals surface area contributed by atoms with E-state index in [2.05, 4.69) is 15.3 Å². The monoisotopic (exact) mass is 286 g/mol. The molecule has 0 bridgehead atoms. The number of hydrogen-bond donors (Lipinski definition) is 1. The summed E-state index contributed by atoms with van der Waals surface area (Å²) in [6.45, 7) is 0.546. The smallest absolute Gasteiger partial charge is 0.287 e. The van der Waals surface area contributed by atoms with Crippen molar-refractivity contribution in [2.75, 3.05) is 5.32 Å². The Hall–Kier alpha value is -2.54. The molecule has 0 aliphatic heterocycles. The highest BCUT2D eigenvalue weighted by molar-refractivity contribution is 7.18. The lowest BCUT2D eigenvalue weighted by Crippen LogP contribution is -2.01. The lowest BCUT2D eigenvalue weighted by atomic mass is 10.3. The van der Waals surface area contributed by atoms with E-state index < -0.39 is 4.92 Å². The lowest BCUT2D eigenvalue weighted by molar-refractivity contribution is -0.385. The third-order valence-electron chi connectivity index (χ3n) is 2.72. The summed E-state index contributed by atoms with van der Waals surface area (Å²) in [6.07, 6.45) is 1.24. The second-order valence-corrected chi connectivity index (χ2v) is 5.20. The fraction of sp³-hybridized carbons (Fsp3) is 0.0769. The van der Waals surface area contributed by atoms with Gasteiger partial charge in [-0.25, -0.2) is 9.97 Å². The van der Waals surface area contributed by atoms with Gasteiger partial charge in [0.2, 0.25) is 0 Å². The number of pyridine rings is 1. The van der Waals surface area contributed by atoms with Gasteiger partial charge >= 0.3 is 0 Å². The van der Waals surface area contributed by atoms with Gasteiger partial charge in [-0.05, 0) is 18.2 Å². The van der Waals surface area contributed by atoms with E-state index in [1.807, 2.05) is 24.3 Å². The van der Waals surface area contributed by atoms with E-state index in [4.69, 9.17) is 0 Å². The maximum Gasteiger partial charge on any atom is 0.287 e. The molecular formula is C13H10N4O2S. The van der Waals surface area contributed by atoms with Crippen molar-refractivity contribution in [3.05, 3.63) is 57.7 Å². The van der Waals surface area contributed by atoms with Gasteiger partial charge in [-0.15, -0.1) is 11.3 Å². The number of nitrogens with one attached hydrogen (secondary N) is 1. The van der Waals surface area contributed by atoms with Gasteiger partial charge in [0.05, 0.1) is 21.7 Å². The van der Waals surface area contributed by atoms with Gasteiger partial charge in [0, 0.05) is 6.07 Å². The van der Waals surface area contributed by atoms with Crippen LogP contribution in [0.1, 0.15) is 5.01 Å². The summed E-state index contributed by atoms with van der Waals surface area (Å²) < 4.78 is 1.14. The maximum absolute atomic E-state index is 10.5. The minimum absolute atomic E-state index is 0.0180. The lowest BCUT2D eigenvalue weighted by Gasteiger charge is -2.01. The molecule has 0 saturated heterocycles. The first-order valence-corrected chi connectivity index (χ1v) is 6.73. The predicted molar refractivity (Wildman–Crippen MR) is 77.8 cm³/mol. The summed E-state index contributed by atoms with van der Waals surface area (Å²) in [4.78, 5) is 18.5. The molecule has 100 valence electrons. The molecule has 2 aromatic heterocycles. The maximum atomic E-state index is 10.5. The summed E-state index contributed by atoms with van der Waals surface area (Å²) >= 11 is 1.61. The van der Waals surface area contributed by atoms with Gasteiger partial charge in [0.15, 0.2) is 0 Å². The van der Waals surface area contributed by atoms with Gasteiger partial charge in [0.1, 0.15) is 17.0 Å². The molecule has 0 spiro atoms. The largest absolute Gasteiger partial charge is 0.364 e. The Labute approximate surface area is 118 Å². The highest BCUT2D eigenvalue weighted by Gasteiger charge is 2.06. The van der Waals surface area contributed by atoms with Crippen LogP contribution in [-0.2, 0) is 6.54 Å². The number of benzene rings is 1. The zero-order valence-electron chi connectivity index (χ0n) is 10.3. The van der Waals surface area contributed by atoms with Gasteiger partial charge < -0.3 is 5.32 Å². The molecule has 0 amide bonds. The number of para-hydroxylation sites is 1. The number of rotatable bonds is 4. The summed E-state index contributed by atoms with van der Waals surface area (Å²) in [7, 11) is 0. The molecule has 0 aliphatic rings. The Balaban J connectivity index is 1.71. The van der Waals surface area contributed by atoms with E-state index in [0.717, 1.165) is 15.2 Å². The van der Waals surface area contributed by atoms with Crippen molar-refractivity contribution in [1.82, 2.24) is 9.97 Å². The van der Waals surface area contributed by atoms with E-state index >= 15 is 0 Å². The molecule has 0 atom stereocenters. The standard InChI is InChI=1S/C13H10N4O2S/c18-17(19)9-5-6-12(14-7-9)15-8-13-16-10-3-1-2-4-11(10)20-13/h1-7H,8H2,(H,14,15). The summed E-state index contributed by atoms with van der Waals surface area (Å²) in [5, 5.41) is 14.6. The van der Waals surface area contributed by atoms with Crippen LogP contribution < -0.4 is 5.32 Å². The molecule has 0 unspecified atom stereocenters. The van der Waals surface area contributed by atoms with Crippen LogP contribution in [-0.4, -0.2) is 14.9 Å². The molecule has 0 fully saturated rings. The van der Waals surface area contributed by atoms with E-state index in [-0.39, 0.29) is 5.69 Å². The van der Waals surface area contributed by atoms with Gasteiger partial charge in [-0.1, -0.05) is 12.1 Å². The van der Waals surface area contributed by atoms with Crippen molar-refractivity contribution in [2.45, 2.75) is 6.54 Å². The number of fused-ring (bicyclic) bond motifs is 1. The molecule has 0 aliphatic carbocycles. The molecule has 2 heterocycles. The van der Waals surface area contributed by atoms with Crippen molar-refractivity contribution in [3.63, 3.8) is 0 Å². The third kappa shape index (κ3) is 2.57. The minimum atomic E-state index is -0.468. The normalized spacial score (nSPS) is 10.6. The van der Waals surface area contributed by atoms with Gasteiger partial charge in [-0.2, -0.15) is 0 Å². The van der Waals surface area contributed by atoms with Crippen molar-refractivity contribution in [1.29, 1.82) is 0 Å². The van der Waals surface area contributed by atoms with Gasteiger partial charge in [0.25, 0.3) is 5.69 Å². The van der Waals surface area contributed by atoms with Crippen molar-refractivity contribution in [2.24, 2.45) is 0 Å². The zero-order valence-corrected chi connectivity index (χ0v) is 11.1. The SMILES string of the molecule is O=[N+]([O-])c1ccc(NCc2nc3ccccc3s2)nc1. The number of nitrogens with zero attached hydrogens (tertiary/aromatic N) is 3.